The Hall–Kier alpha value is -1.26. The molecule has 4 nitrogen and oxygen atoms in total. The first kappa shape index (κ1) is 15.8. The van der Waals surface area contributed by atoms with Crippen molar-refractivity contribution in [2.45, 2.75) is 19.8 Å². The first-order valence-electron chi connectivity index (χ1n) is 6.92. The van der Waals surface area contributed by atoms with Crippen molar-refractivity contribution in [3.8, 4) is 11.5 Å². The quantitative estimate of drug-likeness (QED) is 0.625. The van der Waals surface area contributed by atoms with Crippen molar-refractivity contribution >= 4 is 0 Å². The van der Waals surface area contributed by atoms with E-state index in [-0.39, 0.29) is 0 Å². The summed E-state index contributed by atoms with van der Waals surface area (Å²) in [6.07, 6.45) is 2.05. The van der Waals surface area contributed by atoms with E-state index in [1.165, 1.54) is 0 Å². The van der Waals surface area contributed by atoms with Gasteiger partial charge < -0.3 is 19.5 Å². The SMILES string of the molecule is CCOc1ccc(OCCCNCCCOC)cc1. The smallest absolute Gasteiger partial charge is 0.119 e. The second kappa shape index (κ2) is 10.6. The second-order valence-corrected chi connectivity index (χ2v) is 4.20. The molecule has 0 atom stereocenters. The lowest BCUT2D eigenvalue weighted by atomic mass is 10.3. The van der Waals surface area contributed by atoms with Gasteiger partial charge in [0, 0.05) is 13.7 Å². The summed E-state index contributed by atoms with van der Waals surface area (Å²) < 4.78 is 16.0. The fraction of sp³-hybridized carbons (Fsp3) is 0.600. The third kappa shape index (κ3) is 7.70. The highest BCUT2D eigenvalue weighted by atomic mass is 16.5. The Kier molecular flexibility index (Phi) is 8.85. The summed E-state index contributed by atoms with van der Waals surface area (Å²) in [6, 6.07) is 7.75. The summed E-state index contributed by atoms with van der Waals surface area (Å²) in [5.41, 5.74) is 0. The van der Waals surface area contributed by atoms with Gasteiger partial charge in [-0.15, -0.1) is 0 Å². The van der Waals surface area contributed by atoms with Crippen molar-refractivity contribution in [3.05, 3.63) is 24.3 Å². The number of rotatable bonds is 11. The maximum atomic E-state index is 5.65. The largest absolute Gasteiger partial charge is 0.494 e. The summed E-state index contributed by atoms with van der Waals surface area (Å²) in [7, 11) is 1.73. The molecule has 0 aliphatic rings. The highest BCUT2D eigenvalue weighted by molar-refractivity contribution is 5.31. The van der Waals surface area contributed by atoms with Crippen LogP contribution >= 0.6 is 0 Å². The minimum absolute atomic E-state index is 0.689. The molecule has 0 aliphatic carbocycles. The van der Waals surface area contributed by atoms with E-state index < -0.39 is 0 Å². The molecule has 0 amide bonds. The van der Waals surface area contributed by atoms with Crippen LogP contribution in [0.2, 0.25) is 0 Å². The molecule has 1 rings (SSSR count). The van der Waals surface area contributed by atoms with Gasteiger partial charge in [0.25, 0.3) is 0 Å². The Labute approximate surface area is 116 Å². The van der Waals surface area contributed by atoms with Gasteiger partial charge in [0.1, 0.15) is 11.5 Å². The van der Waals surface area contributed by atoms with E-state index in [4.69, 9.17) is 14.2 Å². The average molecular weight is 267 g/mol. The molecule has 0 aliphatic heterocycles. The Morgan fingerprint density at radius 3 is 2.05 bits per heavy atom. The van der Waals surface area contributed by atoms with Gasteiger partial charge in [-0.3, -0.25) is 0 Å². The number of methoxy groups -OCH3 is 1. The van der Waals surface area contributed by atoms with E-state index >= 15 is 0 Å². The number of hydrogen-bond acceptors (Lipinski definition) is 4. The van der Waals surface area contributed by atoms with Gasteiger partial charge in [0.05, 0.1) is 13.2 Å². The normalized spacial score (nSPS) is 10.4. The predicted octanol–water partition coefficient (Wildman–Crippen LogP) is 2.48. The minimum Gasteiger partial charge on any atom is -0.494 e. The molecule has 0 saturated carbocycles. The second-order valence-electron chi connectivity index (χ2n) is 4.20. The molecule has 0 fully saturated rings. The van der Waals surface area contributed by atoms with Crippen molar-refractivity contribution in [2.75, 3.05) is 40.0 Å². The molecule has 0 aromatic heterocycles. The van der Waals surface area contributed by atoms with E-state index in [1.807, 2.05) is 31.2 Å². The van der Waals surface area contributed by atoms with Gasteiger partial charge in [-0.05, 0) is 57.1 Å². The van der Waals surface area contributed by atoms with Crippen molar-refractivity contribution in [3.63, 3.8) is 0 Å². The van der Waals surface area contributed by atoms with Crippen molar-refractivity contribution < 1.29 is 14.2 Å². The van der Waals surface area contributed by atoms with Crippen LogP contribution in [0.1, 0.15) is 19.8 Å². The van der Waals surface area contributed by atoms with E-state index in [0.717, 1.165) is 50.6 Å². The van der Waals surface area contributed by atoms with Crippen LogP contribution in [0, 0.1) is 0 Å². The number of benzene rings is 1. The van der Waals surface area contributed by atoms with E-state index in [9.17, 15) is 0 Å². The third-order valence-corrected chi connectivity index (χ3v) is 2.60. The van der Waals surface area contributed by atoms with Crippen LogP contribution in [0.25, 0.3) is 0 Å². The molecule has 19 heavy (non-hydrogen) atoms. The van der Waals surface area contributed by atoms with Gasteiger partial charge in [-0.25, -0.2) is 0 Å². The number of hydrogen-bond donors (Lipinski definition) is 1. The van der Waals surface area contributed by atoms with Gasteiger partial charge in [0.15, 0.2) is 0 Å². The van der Waals surface area contributed by atoms with Crippen LogP contribution in [-0.2, 0) is 4.74 Å². The zero-order valence-corrected chi connectivity index (χ0v) is 12.0. The summed E-state index contributed by atoms with van der Waals surface area (Å²) in [6.45, 7) is 6.18. The Bertz CT molecular complexity index is 314. The number of nitrogens with one attached hydrogen (secondary N) is 1. The van der Waals surface area contributed by atoms with Crippen molar-refractivity contribution in [2.24, 2.45) is 0 Å². The van der Waals surface area contributed by atoms with Crippen LogP contribution in [0.4, 0.5) is 0 Å². The van der Waals surface area contributed by atoms with Gasteiger partial charge in [-0.2, -0.15) is 0 Å². The monoisotopic (exact) mass is 267 g/mol. The molecule has 0 radical (unpaired) electrons. The topological polar surface area (TPSA) is 39.7 Å². The first-order valence-corrected chi connectivity index (χ1v) is 6.92. The fourth-order valence-electron chi connectivity index (χ4n) is 1.65. The lowest BCUT2D eigenvalue weighted by Crippen LogP contribution is -2.19. The van der Waals surface area contributed by atoms with Crippen molar-refractivity contribution in [1.82, 2.24) is 5.32 Å². The summed E-state index contributed by atoms with van der Waals surface area (Å²) in [5.74, 6) is 1.78. The molecule has 1 N–H and O–H groups in total. The zero-order chi connectivity index (χ0) is 13.8. The van der Waals surface area contributed by atoms with Gasteiger partial charge >= 0.3 is 0 Å². The van der Waals surface area contributed by atoms with Crippen LogP contribution in [-0.4, -0.2) is 40.0 Å². The molecule has 0 spiro atoms. The maximum Gasteiger partial charge on any atom is 0.119 e. The molecule has 108 valence electrons. The van der Waals surface area contributed by atoms with E-state index in [0.29, 0.717) is 6.61 Å². The van der Waals surface area contributed by atoms with E-state index in [1.54, 1.807) is 7.11 Å². The van der Waals surface area contributed by atoms with Gasteiger partial charge in [0.2, 0.25) is 0 Å². The first-order chi connectivity index (χ1) is 9.36. The molecule has 0 saturated heterocycles. The highest BCUT2D eigenvalue weighted by Gasteiger charge is 1.96. The zero-order valence-electron chi connectivity index (χ0n) is 12.0. The standard InChI is InChI=1S/C15H25NO3/c1-3-18-14-6-8-15(9-7-14)19-13-5-11-16-10-4-12-17-2/h6-9,16H,3-5,10-13H2,1-2H3. The van der Waals surface area contributed by atoms with Crippen molar-refractivity contribution in [1.29, 1.82) is 0 Å². The lowest BCUT2D eigenvalue weighted by molar-refractivity contribution is 0.194. The highest BCUT2D eigenvalue weighted by Crippen LogP contribution is 2.17. The lowest BCUT2D eigenvalue weighted by Gasteiger charge is -2.08. The summed E-state index contributed by atoms with van der Waals surface area (Å²) in [4.78, 5) is 0. The molecule has 1 aromatic carbocycles. The molecule has 4 heteroatoms. The van der Waals surface area contributed by atoms with Crippen LogP contribution in [0.15, 0.2) is 24.3 Å². The molecular formula is C15H25NO3. The van der Waals surface area contributed by atoms with Crippen LogP contribution in [0.3, 0.4) is 0 Å². The average Bonchev–Trinajstić information content (AvgIpc) is 2.44. The molecule has 0 bridgehead atoms. The fourth-order valence-corrected chi connectivity index (χ4v) is 1.65. The van der Waals surface area contributed by atoms with E-state index in [2.05, 4.69) is 5.32 Å². The molecular weight excluding hydrogens is 242 g/mol. The van der Waals surface area contributed by atoms with Crippen LogP contribution in [0.5, 0.6) is 11.5 Å². The van der Waals surface area contributed by atoms with Crippen LogP contribution < -0.4 is 14.8 Å². The molecule has 0 unspecified atom stereocenters. The Balaban J connectivity index is 2.02. The Morgan fingerprint density at radius 2 is 1.47 bits per heavy atom. The summed E-state index contributed by atoms with van der Waals surface area (Å²) >= 11 is 0. The Morgan fingerprint density at radius 1 is 0.895 bits per heavy atom. The predicted molar refractivity (Wildman–Crippen MR) is 77.1 cm³/mol. The third-order valence-electron chi connectivity index (χ3n) is 2.60. The maximum absolute atomic E-state index is 5.65. The minimum atomic E-state index is 0.689. The molecule has 1 aromatic rings. The van der Waals surface area contributed by atoms with Gasteiger partial charge in [-0.1, -0.05) is 0 Å². The molecule has 0 heterocycles. The summed E-state index contributed by atoms with van der Waals surface area (Å²) in [5, 5.41) is 3.35. The number of ether oxygens (including phenoxy) is 3.